The molecule has 1 aromatic rings. The number of nitrogens with two attached hydrogens (primary N) is 1. The molecule has 0 saturated heterocycles. The maximum absolute atomic E-state index is 12.5. The van der Waals surface area contributed by atoms with Crippen molar-refractivity contribution >= 4 is 11.9 Å². The molecule has 1 aromatic heterocycles. The predicted molar refractivity (Wildman–Crippen MR) is 57.2 cm³/mol. The lowest BCUT2D eigenvalue weighted by molar-refractivity contribution is -0.120. The van der Waals surface area contributed by atoms with E-state index in [0.29, 0.717) is 12.8 Å². The lowest BCUT2D eigenvalue weighted by Gasteiger charge is -2.23. The van der Waals surface area contributed by atoms with Gasteiger partial charge in [0.05, 0.1) is 7.11 Å². The average molecular weight is 263 g/mol. The van der Waals surface area contributed by atoms with Gasteiger partial charge in [-0.25, -0.2) is 0 Å². The van der Waals surface area contributed by atoms with Gasteiger partial charge in [-0.2, -0.15) is 28.1 Å². The number of rotatable bonds is 4. The number of halogens is 3. The zero-order chi connectivity index (χ0) is 13.3. The summed E-state index contributed by atoms with van der Waals surface area (Å²) in [5.41, 5.74) is 5.41. The zero-order valence-corrected chi connectivity index (χ0v) is 9.61. The molecular formula is C9H12F3N5O. The first kappa shape index (κ1) is 12.7. The highest BCUT2D eigenvalue weighted by molar-refractivity contribution is 5.39. The van der Waals surface area contributed by atoms with Crippen LogP contribution in [0.15, 0.2) is 0 Å². The summed E-state index contributed by atoms with van der Waals surface area (Å²) in [5, 5.41) is 0. The summed E-state index contributed by atoms with van der Waals surface area (Å²) in [6, 6.07) is -0.288. The van der Waals surface area contributed by atoms with Crippen LogP contribution in [-0.4, -0.2) is 40.8 Å². The summed E-state index contributed by atoms with van der Waals surface area (Å²) >= 11 is 0. The Morgan fingerprint density at radius 2 is 2.00 bits per heavy atom. The fourth-order valence-electron chi connectivity index (χ4n) is 1.52. The summed E-state index contributed by atoms with van der Waals surface area (Å²) in [6.45, 7) is -1.11. The number of aromatic nitrogens is 3. The van der Waals surface area contributed by atoms with Crippen molar-refractivity contribution in [3.05, 3.63) is 0 Å². The van der Waals surface area contributed by atoms with Gasteiger partial charge in [-0.1, -0.05) is 0 Å². The second-order valence-electron chi connectivity index (χ2n) is 3.95. The summed E-state index contributed by atoms with van der Waals surface area (Å²) in [7, 11) is 1.31. The van der Waals surface area contributed by atoms with Crippen molar-refractivity contribution in [1.29, 1.82) is 0 Å². The zero-order valence-electron chi connectivity index (χ0n) is 9.61. The number of hydrogen-bond acceptors (Lipinski definition) is 6. The van der Waals surface area contributed by atoms with Gasteiger partial charge in [-0.05, 0) is 12.8 Å². The van der Waals surface area contributed by atoms with Gasteiger partial charge in [0.15, 0.2) is 0 Å². The van der Waals surface area contributed by atoms with Crippen molar-refractivity contribution in [1.82, 2.24) is 15.0 Å². The molecule has 0 atom stereocenters. The minimum atomic E-state index is -4.32. The van der Waals surface area contributed by atoms with Crippen LogP contribution in [-0.2, 0) is 0 Å². The SMILES string of the molecule is COc1nc(N)nc(N(CC(F)(F)F)C2CC2)n1. The second-order valence-corrected chi connectivity index (χ2v) is 3.95. The van der Waals surface area contributed by atoms with Crippen molar-refractivity contribution < 1.29 is 17.9 Å². The fraction of sp³-hybridized carbons (Fsp3) is 0.667. The molecule has 0 amide bonds. The van der Waals surface area contributed by atoms with Crippen LogP contribution in [0.3, 0.4) is 0 Å². The quantitative estimate of drug-likeness (QED) is 0.873. The highest BCUT2D eigenvalue weighted by Gasteiger charge is 2.39. The molecule has 1 heterocycles. The van der Waals surface area contributed by atoms with Crippen LogP contribution < -0.4 is 15.4 Å². The number of nitrogens with zero attached hydrogens (tertiary/aromatic N) is 4. The Kier molecular flexibility index (Phi) is 3.14. The first-order valence-corrected chi connectivity index (χ1v) is 5.28. The highest BCUT2D eigenvalue weighted by atomic mass is 19.4. The van der Waals surface area contributed by atoms with Crippen molar-refractivity contribution in [3.8, 4) is 6.01 Å². The van der Waals surface area contributed by atoms with Gasteiger partial charge in [0.2, 0.25) is 11.9 Å². The summed E-state index contributed by atoms with van der Waals surface area (Å²) < 4.78 is 42.2. The van der Waals surface area contributed by atoms with Gasteiger partial charge in [-0.3, -0.25) is 0 Å². The molecule has 0 aromatic carbocycles. The van der Waals surface area contributed by atoms with Gasteiger partial charge < -0.3 is 15.4 Å². The van der Waals surface area contributed by atoms with Crippen LogP contribution in [0.25, 0.3) is 0 Å². The Morgan fingerprint density at radius 3 is 2.50 bits per heavy atom. The molecule has 0 radical (unpaired) electrons. The van der Waals surface area contributed by atoms with Crippen LogP contribution in [0.4, 0.5) is 25.1 Å². The molecule has 2 rings (SSSR count). The first-order chi connectivity index (χ1) is 8.39. The third-order valence-electron chi connectivity index (χ3n) is 2.40. The van der Waals surface area contributed by atoms with Gasteiger partial charge in [-0.15, -0.1) is 0 Å². The minimum Gasteiger partial charge on any atom is -0.467 e. The fourth-order valence-corrected chi connectivity index (χ4v) is 1.52. The molecule has 1 fully saturated rings. The smallest absolute Gasteiger partial charge is 0.406 e. The maximum Gasteiger partial charge on any atom is 0.406 e. The van der Waals surface area contributed by atoms with Crippen molar-refractivity contribution in [2.75, 3.05) is 24.3 Å². The van der Waals surface area contributed by atoms with E-state index in [2.05, 4.69) is 15.0 Å². The molecule has 0 unspecified atom stereocenters. The standard InChI is InChI=1S/C9H12F3N5O/c1-18-8-15-6(13)14-7(16-8)17(5-2-3-5)4-9(10,11)12/h5H,2-4H2,1H3,(H2,13,14,15,16). The molecular weight excluding hydrogens is 251 g/mol. The van der Waals surface area contributed by atoms with E-state index in [1.807, 2.05) is 0 Å². The molecule has 1 saturated carbocycles. The molecule has 0 bridgehead atoms. The monoisotopic (exact) mass is 263 g/mol. The van der Waals surface area contributed by atoms with Gasteiger partial charge in [0.1, 0.15) is 6.54 Å². The highest BCUT2D eigenvalue weighted by Crippen LogP contribution is 2.33. The van der Waals surface area contributed by atoms with Crippen LogP contribution in [0.2, 0.25) is 0 Å². The second kappa shape index (κ2) is 4.46. The van der Waals surface area contributed by atoms with Crippen molar-refractivity contribution in [2.24, 2.45) is 0 Å². The van der Waals surface area contributed by atoms with E-state index in [4.69, 9.17) is 10.5 Å². The molecule has 2 N–H and O–H groups in total. The molecule has 18 heavy (non-hydrogen) atoms. The lowest BCUT2D eigenvalue weighted by Crippen LogP contribution is -2.37. The molecule has 0 spiro atoms. The van der Waals surface area contributed by atoms with Crippen molar-refractivity contribution in [2.45, 2.75) is 25.1 Å². The number of anilines is 2. The molecule has 0 aliphatic heterocycles. The third kappa shape index (κ3) is 3.11. The summed E-state index contributed by atoms with van der Waals surface area (Å²) in [5.74, 6) is -0.260. The average Bonchev–Trinajstić information content (AvgIpc) is 3.07. The molecule has 1 aliphatic carbocycles. The number of hydrogen-bond donors (Lipinski definition) is 1. The molecule has 9 heteroatoms. The topological polar surface area (TPSA) is 77.2 Å². The van der Waals surface area contributed by atoms with E-state index in [9.17, 15) is 13.2 Å². The molecule has 1 aliphatic rings. The minimum absolute atomic E-state index is 0.0923. The van der Waals surface area contributed by atoms with E-state index in [1.165, 1.54) is 7.11 Å². The molecule has 6 nitrogen and oxygen atoms in total. The van der Waals surface area contributed by atoms with Crippen LogP contribution in [0, 0.1) is 0 Å². The van der Waals surface area contributed by atoms with Gasteiger partial charge >= 0.3 is 12.2 Å². The Bertz CT molecular complexity index is 435. The van der Waals surface area contributed by atoms with E-state index >= 15 is 0 Å². The van der Waals surface area contributed by atoms with Crippen LogP contribution >= 0.6 is 0 Å². The number of nitrogen functional groups attached to an aromatic ring is 1. The van der Waals surface area contributed by atoms with Crippen LogP contribution in [0.1, 0.15) is 12.8 Å². The summed E-state index contributed by atoms with van der Waals surface area (Å²) in [6.07, 6.45) is -2.95. The van der Waals surface area contributed by atoms with Gasteiger partial charge in [0, 0.05) is 6.04 Å². The Balaban J connectivity index is 2.27. The normalized spacial score (nSPS) is 15.6. The lowest BCUT2D eigenvalue weighted by atomic mass is 10.5. The first-order valence-electron chi connectivity index (χ1n) is 5.28. The third-order valence-corrected chi connectivity index (χ3v) is 2.40. The van der Waals surface area contributed by atoms with Gasteiger partial charge in [0.25, 0.3) is 0 Å². The number of alkyl halides is 3. The largest absolute Gasteiger partial charge is 0.467 e. The Labute approximate surface area is 101 Å². The summed E-state index contributed by atoms with van der Waals surface area (Å²) in [4.78, 5) is 12.2. The van der Waals surface area contributed by atoms with Crippen molar-refractivity contribution in [3.63, 3.8) is 0 Å². The van der Waals surface area contributed by atoms with E-state index in [1.54, 1.807) is 0 Å². The number of methoxy groups -OCH3 is 1. The van der Waals surface area contributed by atoms with E-state index < -0.39 is 12.7 Å². The maximum atomic E-state index is 12.5. The van der Waals surface area contributed by atoms with E-state index in [-0.39, 0.29) is 23.9 Å². The Morgan fingerprint density at radius 1 is 1.33 bits per heavy atom. The predicted octanol–water partition coefficient (Wildman–Crippen LogP) is 0.993. The van der Waals surface area contributed by atoms with Crippen LogP contribution in [0.5, 0.6) is 6.01 Å². The van der Waals surface area contributed by atoms with E-state index in [0.717, 1.165) is 4.90 Å². The number of ether oxygens (including phenoxy) is 1. The Hall–Kier alpha value is -1.80. The molecule has 100 valence electrons.